The molecule has 5 heteroatoms. The van der Waals surface area contributed by atoms with Crippen LogP contribution in [0, 0.1) is 5.41 Å². The van der Waals surface area contributed by atoms with E-state index in [0.717, 1.165) is 13.0 Å². The maximum atomic E-state index is 11.8. The minimum absolute atomic E-state index is 0.0188. The molecule has 1 unspecified atom stereocenters. The van der Waals surface area contributed by atoms with Crippen LogP contribution in [-0.2, 0) is 10.0 Å². The van der Waals surface area contributed by atoms with Gasteiger partial charge in [-0.1, -0.05) is 27.7 Å². The summed E-state index contributed by atoms with van der Waals surface area (Å²) in [6.45, 7) is 11.7. The van der Waals surface area contributed by atoms with Crippen LogP contribution in [0.3, 0.4) is 0 Å². The monoisotopic (exact) mass is 250 g/mol. The lowest BCUT2D eigenvalue weighted by atomic mass is 9.91. The molecule has 98 valence electrons. The summed E-state index contributed by atoms with van der Waals surface area (Å²) >= 11 is 0. The summed E-state index contributed by atoms with van der Waals surface area (Å²) in [4.78, 5) is 0. The van der Waals surface area contributed by atoms with Crippen molar-refractivity contribution in [3.8, 4) is 0 Å². The van der Waals surface area contributed by atoms with E-state index in [1.165, 1.54) is 0 Å². The van der Waals surface area contributed by atoms with Gasteiger partial charge in [-0.3, -0.25) is 0 Å². The van der Waals surface area contributed by atoms with Crippen molar-refractivity contribution in [3.63, 3.8) is 0 Å². The number of hydrogen-bond acceptors (Lipinski definition) is 3. The highest BCUT2D eigenvalue weighted by Crippen LogP contribution is 2.18. The van der Waals surface area contributed by atoms with E-state index in [9.17, 15) is 8.42 Å². The van der Waals surface area contributed by atoms with E-state index in [1.54, 1.807) is 6.92 Å². The molecule has 0 saturated carbocycles. The second kappa shape index (κ2) is 6.57. The summed E-state index contributed by atoms with van der Waals surface area (Å²) in [6.07, 6.45) is 0.955. The minimum atomic E-state index is -3.19. The lowest BCUT2D eigenvalue weighted by Crippen LogP contribution is -2.42. The van der Waals surface area contributed by atoms with Crippen molar-refractivity contribution in [2.45, 2.75) is 46.3 Å². The molecule has 0 aliphatic heterocycles. The molecule has 0 amide bonds. The Kier molecular flexibility index (Phi) is 6.51. The Morgan fingerprint density at radius 1 is 1.25 bits per heavy atom. The molecular weight excluding hydrogens is 224 g/mol. The highest BCUT2D eigenvalue weighted by atomic mass is 32.2. The molecule has 0 fully saturated rings. The molecular formula is C11H26N2O2S. The molecule has 0 spiro atoms. The highest BCUT2D eigenvalue weighted by molar-refractivity contribution is 7.90. The normalized spacial score (nSPS) is 15.1. The molecule has 1 atom stereocenters. The molecule has 0 aliphatic carbocycles. The van der Waals surface area contributed by atoms with Crippen molar-refractivity contribution in [1.82, 2.24) is 10.0 Å². The van der Waals surface area contributed by atoms with E-state index in [2.05, 4.69) is 30.8 Å². The first-order valence-corrected chi connectivity index (χ1v) is 7.49. The van der Waals surface area contributed by atoms with Gasteiger partial charge in [0, 0.05) is 13.1 Å². The van der Waals surface area contributed by atoms with Crippen LogP contribution in [0.1, 0.15) is 41.0 Å². The maximum absolute atomic E-state index is 11.8. The second-order valence-corrected chi connectivity index (χ2v) is 7.19. The smallest absolute Gasteiger partial charge is 0.215 e. The maximum Gasteiger partial charge on any atom is 0.215 e. The van der Waals surface area contributed by atoms with Crippen molar-refractivity contribution in [3.05, 3.63) is 0 Å². The van der Waals surface area contributed by atoms with Gasteiger partial charge in [0.05, 0.1) is 5.25 Å². The van der Waals surface area contributed by atoms with Crippen LogP contribution < -0.4 is 10.0 Å². The fraction of sp³-hybridized carbons (Fsp3) is 1.00. The van der Waals surface area contributed by atoms with Gasteiger partial charge < -0.3 is 5.32 Å². The summed E-state index contributed by atoms with van der Waals surface area (Å²) in [7, 11) is -3.19. The van der Waals surface area contributed by atoms with E-state index < -0.39 is 10.0 Å². The summed E-state index contributed by atoms with van der Waals surface area (Å²) in [5, 5.41) is 2.66. The van der Waals surface area contributed by atoms with Gasteiger partial charge in [-0.2, -0.15) is 0 Å². The molecule has 2 N–H and O–H groups in total. The molecule has 0 aliphatic rings. The lowest BCUT2D eigenvalue weighted by molar-refractivity contribution is 0.349. The molecule has 0 aromatic heterocycles. The number of sulfonamides is 1. The highest BCUT2D eigenvalue weighted by Gasteiger charge is 2.23. The predicted molar refractivity (Wildman–Crippen MR) is 69.0 cm³/mol. The molecule has 0 aromatic carbocycles. The number of rotatable bonds is 8. The fourth-order valence-electron chi connectivity index (χ4n) is 1.02. The quantitative estimate of drug-likeness (QED) is 0.683. The van der Waals surface area contributed by atoms with Crippen molar-refractivity contribution in [2.75, 3.05) is 19.6 Å². The third-order valence-electron chi connectivity index (χ3n) is 2.92. The zero-order valence-corrected chi connectivity index (χ0v) is 11.9. The van der Waals surface area contributed by atoms with Gasteiger partial charge in [-0.05, 0) is 25.3 Å². The molecule has 0 radical (unpaired) electrons. The van der Waals surface area contributed by atoms with Crippen molar-refractivity contribution in [1.29, 1.82) is 0 Å². The van der Waals surface area contributed by atoms with Crippen molar-refractivity contribution >= 4 is 10.0 Å². The van der Waals surface area contributed by atoms with Gasteiger partial charge in [0.25, 0.3) is 0 Å². The first kappa shape index (κ1) is 15.9. The standard InChI is InChI=1S/C11H26N2O2S/c1-6-11(4,5)9-13-16(14,15)10(3)8-12-7-2/h10,12-13H,6-9H2,1-5H3. The Morgan fingerprint density at radius 3 is 2.25 bits per heavy atom. The minimum Gasteiger partial charge on any atom is -0.316 e. The Balaban J connectivity index is 4.24. The third kappa shape index (κ3) is 5.82. The van der Waals surface area contributed by atoms with Gasteiger partial charge in [-0.25, -0.2) is 13.1 Å². The first-order valence-electron chi connectivity index (χ1n) is 5.94. The molecule has 0 bridgehead atoms. The van der Waals surface area contributed by atoms with Crippen LogP contribution >= 0.6 is 0 Å². The van der Waals surface area contributed by atoms with E-state index >= 15 is 0 Å². The fourth-order valence-corrected chi connectivity index (χ4v) is 2.23. The van der Waals surface area contributed by atoms with E-state index in [0.29, 0.717) is 13.1 Å². The summed E-state index contributed by atoms with van der Waals surface area (Å²) in [5.74, 6) is 0. The molecule has 4 nitrogen and oxygen atoms in total. The summed E-state index contributed by atoms with van der Waals surface area (Å²) in [6, 6.07) is 0. The topological polar surface area (TPSA) is 58.2 Å². The van der Waals surface area contributed by atoms with Crippen LogP contribution in [-0.4, -0.2) is 33.3 Å². The van der Waals surface area contributed by atoms with Gasteiger partial charge in [0.2, 0.25) is 10.0 Å². The summed E-state index contributed by atoms with van der Waals surface area (Å²) < 4.78 is 26.4. The Bertz CT molecular complexity index is 286. The zero-order valence-electron chi connectivity index (χ0n) is 11.1. The SMILES string of the molecule is CCNCC(C)S(=O)(=O)NCC(C)(C)CC. The molecule has 0 rings (SSSR count). The average Bonchev–Trinajstić information content (AvgIpc) is 2.23. The van der Waals surface area contributed by atoms with Gasteiger partial charge in [0.1, 0.15) is 0 Å². The van der Waals surface area contributed by atoms with E-state index in [-0.39, 0.29) is 10.7 Å². The van der Waals surface area contributed by atoms with E-state index in [4.69, 9.17) is 0 Å². The largest absolute Gasteiger partial charge is 0.316 e. The van der Waals surface area contributed by atoms with Crippen LogP contribution in [0.4, 0.5) is 0 Å². The van der Waals surface area contributed by atoms with Crippen molar-refractivity contribution < 1.29 is 8.42 Å². The molecule has 0 aromatic rings. The average molecular weight is 250 g/mol. The zero-order chi connectivity index (χ0) is 12.8. The molecule has 16 heavy (non-hydrogen) atoms. The predicted octanol–water partition coefficient (Wildman–Crippen LogP) is 1.34. The Morgan fingerprint density at radius 2 is 1.81 bits per heavy atom. The van der Waals surface area contributed by atoms with Crippen LogP contribution in [0.15, 0.2) is 0 Å². The van der Waals surface area contributed by atoms with Gasteiger partial charge >= 0.3 is 0 Å². The number of hydrogen-bond donors (Lipinski definition) is 2. The Hall–Kier alpha value is -0.130. The second-order valence-electron chi connectivity index (χ2n) is 5.00. The van der Waals surface area contributed by atoms with Crippen LogP contribution in [0.25, 0.3) is 0 Å². The van der Waals surface area contributed by atoms with Crippen LogP contribution in [0.2, 0.25) is 0 Å². The van der Waals surface area contributed by atoms with E-state index in [1.807, 2.05) is 6.92 Å². The molecule has 0 saturated heterocycles. The lowest BCUT2D eigenvalue weighted by Gasteiger charge is -2.24. The summed E-state index contributed by atoms with van der Waals surface area (Å²) in [5.41, 5.74) is 0.0188. The van der Waals surface area contributed by atoms with Crippen LogP contribution in [0.5, 0.6) is 0 Å². The van der Waals surface area contributed by atoms with Crippen molar-refractivity contribution in [2.24, 2.45) is 5.41 Å². The molecule has 0 heterocycles. The van der Waals surface area contributed by atoms with Gasteiger partial charge in [-0.15, -0.1) is 0 Å². The van der Waals surface area contributed by atoms with Gasteiger partial charge in [0.15, 0.2) is 0 Å². The third-order valence-corrected chi connectivity index (χ3v) is 4.69. The first-order chi connectivity index (χ1) is 7.25. The number of nitrogens with one attached hydrogen (secondary N) is 2. The Labute approximate surface area is 100 Å².